The van der Waals surface area contributed by atoms with Crippen LogP contribution in [-0.2, 0) is 0 Å². The fourth-order valence-corrected chi connectivity index (χ4v) is 2.77. The molecule has 136 valence electrons. The number of hydrogen-bond donors (Lipinski definition) is 1. The molecule has 0 fully saturated rings. The van der Waals surface area contributed by atoms with Gasteiger partial charge in [-0.25, -0.2) is 28.7 Å². The maximum absolute atomic E-state index is 14.5. The molecule has 0 aliphatic rings. The molecule has 0 spiro atoms. The summed E-state index contributed by atoms with van der Waals surface area (Å²) >= 11 is 5.69. The first kappa shape index (κ1) is 17.2. The Morgan fingerprint density at radius 1 is 1.15 bits per heavy atom. The summed E-state index contributed by atoms with van der Waals surface area (Å²) in [7, 11) is 0. The van der Waals surface area contributed by atoms with E-state index in [2.05, 4.69) is 30.1 Å². The van der Waals surface area contributed by atoms with Crippen molar-refractivity contribution in [2.45, 2.75) is 13.0 Å². The molecule has 4 aromatic rings. The minimum Gasteiger partial charge on any atom is -0.480 e. The van der Waals surface area contributed by atoms with E-state index in [1.807, 2.05) is 0 Å². The third-order valence-electron chi connectivity index (χ3n) is 3.90. The van der Waals surface area contributed by atoms with E-state index in [1.165, 1.54) is 31.1 Å². The zero-order chi connectivity index (χ0) is 19.0. The molecule has 1 aromatic carbocycles. The Kier molecular flexibility index (Phi) is 4.36. The highest BCUT2D eigenvalue weighted by molar-refractivity contribution is 6.31. The van der Waals surface area contributed by atoms with Crippen LogP contribution < -0.4 is 4.74 Å². The molecule has 0 aliphatic heterocycles. The first-order chi connectivity index (χ1) is 13.1. The van der Waals surface area contributed by atoms with Crippen LogP contribution in [-0.4, -0.2) is 30.1 Å². The summed E-state index contributed by atoms with van der Waals surface area (Å²) in [5, 5.41) is 6.49. The van der Waals surface area contributed by atoms with Crippen molar-refractivity contribution in [2.75, 3.05) is 0 Å². The number of H-pyrrole nitrogens is 1. The lowest BCUT2D eigenvalue weighted by atomic mass is 10.1. The van der Waals surface area contributed by atoms with Gasteiger partial charge in [0, 0.05) is 11.8 Å². The summed E-state index contributed by atoms with van der Waals surface area (Å²) in [5.41, 5.74) is 0.564. The number of rotatable bonds is 4. The van der Waals surface area contributed by atoms with Gasteiger partial charge in [0.1, 0.15) is 34.8 Å². The molecule has 0 radical (unpaired) electrons. The highest BCUT2D eigenvalue weighted by Crippen LogP contribution is 2.35. The second-order valence-corrected chi connectivity index (χ2v) is 5.97. The van der Waals surface area contributed by atoms with Crippen molar-refractivity contribution in [1.29, 1.82) is 0 Å². The summed E-state index contributed by atoms with van der Waals surface area (Å²) in [6.45, 7) is 1.77. The lowest BCUT2D eigenvalue weighted by Crippen LogP contribution is -2.06. The summed E-state index contributed by atoms with van der Waals surface area (Å²) in [4.78, 5) is 16.5. The van der Waals surface area contributed by atoms with E-state index in [0.29, 0.717) is 22.5 Å². The third-order valence-corrected chi connectivity index (χ3v) is 4.25. The van der Waals surface area contributed by atoms with Crippen molar-refractivity contribution in [3.05, 3.63) is 59.7 Å². The van der Waals surface area contributed by atoms with Crippen molar-refractivity contribution in [3.8, 4) is 17.0 Å². The van der Waals surface area contributed by atoms with E-state index in [4.69, 9.17) is 16.3 Å². The molecule has 4 rings (SSSR count). The Labute approximate surface area is 156 Å². The SMILES string of the molecule is C[C@@H](Oc1cnc(-c2ccc(F)c(Cl)c2F)c2ncncc12)c1nc[nH]n1. The largest absolute Gasteiger partial charge is 0.480 e. The minimum atomic E-state index is -0.910. The van der Waals surface area contributed by atoms with E-state index in [1.54, 1.807) is 6.92 Å². The van der Waals surface area contributed by atoms with Gasteiger partial charge in [0.2, 0.25) is 0 Å². The number of pyridine rings is 1. The standard InChI is InChI=1S/C17H11ClF2N6O/c1-8(17-24-7-25-26-17)27-12-5-22-15(16-10(12)4-21-6-23-16)9-2-3-11(19)13(18)14(9)20/h2-8H,1H3,(H,24,25,26)/t8-/m1/s1. The fourth-order valence-electron chi connectivity index (χ4n) is 2.61. The summed E-state index contributed by atoms with van der Waals surface area (Å²) < 4.78 is 33.8. The minimum absolute atomic E-state index is 0.0265. The molecule has 27 heavy (non-hydrogen) atoms. The van der Waals surface area contributed by atoms with Gasteiger partial charge in [0.05, 0.1) is 17.3 Å². The first-order valence-corrected chi connectivity index (χ1v) is 8.19. The number of ether oxygens (including phenoxy) is 1. The number of halogens is 3. The fraction of sp³-hybridized carbons (Fsp3) is 0.118. The molecular weight excluding hydrogens is 378 g/mol. The molecule has 7 nitrogen and oxygen atoms in total. The molecule has 3 aromatic heterocycles. The highest BCUT2D eigenvalue weighted by atomic mass is 35.5. The predicted octanol–water partition coefficient (Wildman–Crippen LogP) is 3.88. The van der Waals surface area contributed by atoms with Crippen molar-refractivity contribution < 1.29 is 13.5 Å². The van der Waals surface area contributed by atoms with Gasteiger partial charge < -0.3 is 4.74 Å². The normalized spacial score (nSPS) is 12.3. The maximum Gasteiger partial charge on any atom is 0.190 e. The quantitative estimate of drug-likeness (QED) is 0.533. The Hall–Kier alpha value is -3.20. The Morgan fingerprint density at radius 2 is 2.00 bits per heavy atom. The Balaban J connectivity index is 1.83. The molecule has 0 aliphatic carbocycles. The van der Waals surface area contributed by atoms with Gasteiger partial charge >= 0.3 is 0 Å². The van der Waals surface area contributed by atoms with E-state index in [9.17, 15) is 8.78 Å². The van der Waals surface area contributed by atoms with Crippen LogP contribution in [0.15, 0.2) is 37.2 Å². The van der Waals surface area contributed by atoms with Gasteiger partial charge in [-0.15, -0.1) is 0 Å². The molecular formula is C17H11ClF2N6O. The van der Waals surface area contributed by atoms with Gasteiger partial charge in [-0.1, -0.05) is 11.6 Å². The van der Waals surface area contributed by atoms with E-state index >= 15 is 0 Å². The van der Waals surface area contributed by atoms with Crippen LogP contribution in [0.25, 0.3) is 22.2 Å². The monoisotopic (exact) mass is 388 g/mol. The van der Waals surface area contributed by atoms with E-state index in [-0.39, 0.29) is 11.3 Å². The van der Waals surface area contributed by atoms with Crippen LogP contribution in [0.3, 0.4) is 0 Å². The van der Waals surface area contributed by atoms with Crippen LogP contribution in [0.2, 0.25) is 5.02 Å². The zero-order valence-corrected chi connectivity index (χ0v) is 14.6. The summed E-state index contributed by atoms with van der Waals surface area (Å²) in [5.74, 6) is -0.926. The molecule has 1 N–H and O–H groups in total. The molecule has 0 saturated heterocycles. The lowest BCUT2D eigenvalue weighted by molar-refractivity contribution is 0.219. The molecule has 1 atom stereocenters. The van der Waals surface area contributed by atoms with Crippen molar-refractivity contribution in [1.82, 2.24) is 30.1 Å². The second kappa shape index (κ2) is 6.84. The van der Waals surface area contributed by atoms with E-state index < -0.39 is 22.8 Å². The van der Waals surface area contributed by atoms with Crippen LogP contribution in [0.5, 0.6) is 5.75 Å². The van der Waals surface area contributed by atoms with Crippen LogP contribution >= 0.6 is 11.6 Å². The number of fused-ring (bicyclic) bond motifs is 1. The predicted molar refractivity (Wildman–Crippen MR) is 93.1 cm³/mol. The molecule has 0 bridgehead atoms. The van der Waals surface area contributed by atoms with Crippen LogP contribution in [0, 0.1) is 11.6 Å². The number of nitrogens with one attached hydrogen (secondary N) is 1. The summed E-state index contributed by atoms with van der Waals surface area (Å²) in [6, 6.07) is 2.34. The number of hydrogen-bond acceptors (Lipinski definition) is 6. The average Bonchev–Trinajstić information content (AvgIpc) is 3.22. The van der Waals surface area contributed by atoms with Crippen LogP contribution in [0.4, 0.5) is 8.78 Å². The Morgan fingerprint density at radius 3 is 2.78 bits per heavy atom. The van der Waals surface area contributed by atoms with Gasteiger partial charge in [-0.05, 0) is 19.1 Å². The highest BCUT2D eigenvalue weighted by Gasteiger charge is 2.20. The van der Waals surface area contributed by atoms with Crippen LogP contribution in [0.1, 0.15) is 18.9 Å². The maximum atomic E-state index is 14.5. The number of benzene rings is 1. The van der Waals surface area contributed by atoms with Gasteiger partial charge in [-0.3, -0.25) is 5.10 Å². The van der Waals surface area contributed by atoms with Gasteiger partial charge in [0.25, 0.3) is 0 Å². The number of nitrogens with zero attached hydrogens (tertiary/aromatic N) is 5. The van der Waals surface area contributed by atoms with Gasteiger partial charge in [0.15, 0.2) is 17.7 Å². The topological polar surface area (TPSA) is 89.5 Å². The van der Waals surface area contributed by atoms with Crippen molar-refractivity contribution >= 4 is 22.5 Å². The molecule has 3 heterocycles. The van der Waals surface area contributed by atoms with Crippen molar-refractivity contribution in [3.63, 3.8) is 0 Å². The number of aromatic amines is 1. The first-order valence-electron chi connectivity index (χ1n) is 7.81. The lowest BCUT2D eigenvalue weighted by Gasteiger charge is -2.14. The van der Waals surface area contributed by atoms with Crippen molar-refractivity contribution in [2.24, 2.45) is 0 Å². The van der Waals surface area contributed by atoms with Gasteiger partial charge in [-0.2, -0.15) is 5.10 Å². The second-order valence-electron chi connectivity index (χ2n) is 5.60. The Bertz CT molecular complexity index is 1120. The third kappa shape index (κ3) is 3.06. The molecule has 10 heteroatoms. The smallest absolute Gasteiger partial charge is 0.190 e. The molecule has 0 amide bonds. The zero-order valence-electron chi connectivity index (χ0n) is 13.8. The molecule has 0 unspecified atom stereocenters. The number of aromatic nitrogens is 6. The molecule has 0 saturated carbocycles. The average molecular weight is 389 g/mol. The van der Waals surface area contributed by atoms with E-state index in [0.717, 1.165) is 6.07 Å². The summed E-state index contributed by atoms with van der Waals surface area (Å²) in [6.07, 6.45) is 5.22.